The highest BCUT2D eigenvalue weighted by molar-refractivity contribution is 7.91. The first-order chi connectivity index (χ1) is 7.34. The van der Waals surface area contributed by atoms with Crippen molar-refractivity contribution in [2.75, 3.05) is 11.1 Å². The van der Waals surface area contributed by atoms with E-state index in [1.807, 2.05) is 13.8 Å². The van der Waals surface area contributed by atoms with Gasteiger partial charge in [0.2, 0.25) is 0 Å². The summed E-state index contributed by atoms with van der Waals surface area (Å²) in [4.78, 5) is 0.290. The highest BCUT2D eigenvalue weighted by Crippen LogP contribution is 2.33. The molecule has 1 aromatic carbocycles. The maximum absolute atomic E-state index is 12.0. The molecule has 0 radical (unpaired) electrons. The number of hydrogen-bond acceptors (Lipinski definition) is 4. The van der Waals surface area contributed by atoms with Crippen molar-refractivity contribution in [3.63, 3.8) is 0 Å². The van der Waals surface area contributed by atoms with Crippen LogP contribution in [0.2, 0.25) is 0 Å². The number of anilines is 1. The van der Waals surface area contributed by atoms with Gasteiger partial charge in [-0.2, -0.15) is 0 Å². The summed E-state index contributed by atoms with van der Waals surface area (Å²) in [6.45, 7) is 3.56. The Morgan fingerprint density at radius 3 is 2.75 bits per heavy atom. The average Bonchev–Trinajstić information content (AvgIpc) is 2.14. The molecule has 0 amide bonds. The molecule has 16 heavy (non-hydrogen) atoms. The zero-order valence-electron chi connectivity index (χ0n) is 9.32. The Hall–Kier alpha value is -1.07. The quantitative estimate of drug-likeness (QED) is 0.774. The van der Waals surface area contributed by atoms with Gasteiger partial charge in [0.25, 0.3) is 0 Å². The van der Waals surface area contributed by atoms with Crippen LogP contribution in [0, 0.1) is 0 Å². The number of hydrogen-bond donors (Lipinski definition) is 2. The zero-order chi connectivity index (χ0) is 12.0. The second-order valence-corrected chi connectivity index (χ2v) is 6.71. The Morgan fingerprint density at radius 1 is 1.44 bits per heavy atom. The normalized spacial score (nSPS) is 20.9. The largest absolute Gasteiger partial charge is 0.392 e. The van der Waals surface area contributed by atoms with Crippen LogP contribution in [0.3, 0.4) is 0 Å². The molecule has 1 aromatic rings. The Kier molecular flexibility index (Phi) is 2.47. The molecule has 0 saturated heterocycles. The van der Waals surface area contributed by atoms with Crippen molar-refractivity contribution < 1.29 is 13.5 Å². The van der Waals surface area contributed by atoms with Crippen molar-refractivity contribution in [2.45, 2.75) is 30.9 Å². The minimum absolute atomic E-state index is 0.0713. The summed E-state index contributed by atoms with van der Waals surface area (Å²) in [5, 5.41) is 12.2. The topological polar surface area (TPSA) is 66.4 Å². The van der Waals surface area contributed by atoms with E-state index in [-0.39, 0.29) is 12.4 Å². The summed E-state index contributed by atoms with van der Waals surface area (Å²) >= 11 is 0. The van der Waals surface area contributed by atoms with Crippen LogP contribution in [0.4, 0.5) is 5.69 Å². The lowest BCUT2D eigenvalue weighted by molar-refractivity contribution is 0.281. The van der Waals surface area contributed by atoms with Crippen molar-refractivity contribution in [3.8, 4) is 0 Å². The predicted molar refractivity (Wildman–Crippen MR) is 62.1 cm³/mol. The van der Waals surface area contributed by atoms with Crippen LogP contribution >= 0.6 is 0 Å². The van der Waals surface area contributed by atoms with Gasteiger partial charge in [-0.1, -0.05) is 6.07 Å². The van der Waals surface area contributed by atoms with Crippen LogP contribution in [0.25, 0.3) is 0 Å². The first-order valence-corrected chi connectivity index (χ1v) is 6.74. The number of nitrogens with one attached hydrogen (secondary N) is 1. The third kappa shape index (κ3) is 1.92. The van der Waals surface area contributed by atoms with Crippen LogP contribution in [-0.4, -0.2) is 24.8 Å². The predicted octanol–water partition coefficient (Wildman–Crippen LogP) is 1.16. The molecule has 2 rings (SSSR count). The maximum atomic E-state index is 12.0. The molecule has 1 aliphatic rings. The lowest BCUT2D eigenvalue weighted by Gasteiger charge is -2.33. The number of rotatable bonds is 1. The fourth-order valence-electron chi connectivity index (χ4n) is 1.98. The Balaban J connectivity index is 2.61. The van der Waals surface area contributed by atoms with E-state index in [9.17, 15) is 8.42 Å². The van der Waals surface area contributed by atoms with E-state index in [4.69, 9.17) is 5.11 Å². The fraction of sp³-hybridized carbons (Fsp3) is 0.455. The molecule has 0 unspecified atom stereocenters. The molecule has 0 bridgehead atoms. The number of fused-ring (bicyclic) bond motifs is 1. The molecule has 0 aromatic heterocycles. The highest BCUT2D eigenvalue weighted by atomic mass is 32.2. The molecule has 5 heteroatoms. The Labute approximate surface area is 95.2 Å². The molecule has 0 spiro atoms. The van der Waals surface area contributed by atoms with Gasteiger partial charge in [-0.15, -0.1) is 0 Å². The Morgan fingerprint density at radius 2 is 2.12 bits per heavy atom. The lowest BCUT2D eigenvalue weighted by atomic mass is 10.1. The molecule has 1 heterocycles. The van der Waals surface area contributed by atoms with Gasteiger partial charge < -0.3 is 10.4 Å². The van der Waals surface area contributed by atoms with E-state index in [1.54, 1.807) is 12.1 Å². The second-order valence-electron chi connectivity index (χ2n) is 4.76. The third-order valence-electron chi connectivity index (χ3n) is 2.59. The zero-order valence-corrected chi connectivity index (χ0v) is 10.1. The number of benzene rings is 1. The summed E-state index contributed by atoms with van der Waals surface area (Å²) in [5.41, 5.74) is 0.782. The summed E-state index contributed by atoms with van der Waals surface area (Å²) in [6.07, 6.45) is 0. The molecule has 0 aliphatic carbocycles. The summed E-state index contributed by atoms with van der Waals surface area (Å²) in [6, 6.07) is 4.97. The van der Waals surface area contributed by atoms with Gasteiger partial charge >= 0.3 is 0 Å². The van der Waals surface area contributed by atoms with Crippen LogP contribution in [0.5, 0.6) is 0 Å². The van der Waals surface area contributed by atoms with E-state index in [1.165, 1.54) is 6.07 Å². The highest BCUT2D eigenvalue weighted by Gasteiger charge is 2.34. The SMILES string of the molecule is CC1(C)CS(=O)(=O)c2cc(CO)ccc2N1. The fourth-order valence-corrected chi connectivity index (χ4v) is 3.94. The van der Waals surface area contributed by atoms with Crippen molar-refractivity contribution in [1.29, 1.82) is 0 Å². The van der Waals surface area contributed by atoms with Crippen molar-refractivity contribution in [2.24, 2.45) is 0 Å². The standard InChI is InChI=1S/C11H15NO3S/c1-11(2)7-16(14,15)10-5-8(6-13)3-4-9(10)12-11/h3-5,12-13H,6-7H2,1-2H3. The summed E-state index contributed by atoms with van der Waals surface area (Å²) in [5.74, 6) is 0.0713. The van der Waals surface area contributed by atoms with E-state index < -0.39 is 15.4 Å². The molecular weight excluding hydrogens is 226 g/mol. The second kappa shape index (κ2) is 3.46. The van der Waals surface area contributed by atoms with Gasteiger partial charge in [0, 0.05) is 5.54 Å². The number of sulfone groups is 1. The van der Waals surface area contributed by atoms with Gasteiger partial charge in [-0.05, 0) is 31.5 Å². The molecule has 4 nitrogen and oxygen atoms in total. The van der Waals surface area contributed by atoms with Crippen molar-refractivity contribution in [3.05, 3.63) is 23.8 Å². The molecule has 0 saturated carbocycles. The molecule has 1 aliphatic heterocycles. The average molecular weight is 241 g/mol. The number of aliphatic hydroxyl groups is 1. The van der Waals surface area contributed by atoms with Crippen LogP contribution in [-0.2, 0) is 16.4 Å². The third-order valence-corrected chi connectivity index (χ3v) is 4.70. The van der Waals surface area contributed by atoms with Crippen LogP contribution < -0.4 is 5.32 Å². The van der Waals surface area contributed by atoms with Gasteiger partial charge in [-0.3, -0.25) is 0 Å². The molecule has 0 fully saturated rings. The van der Waals surface area contributed by atoms with Crippen LogP contribution in [0.15, 0.2) is 23.1 Å². The Bertz CT molecular complexity index is 520. The lowest BCUT2D eigenvalue weighted by Crippen LogP contribution is -2.42. The van der Waals surface area contributed by atoms with Gasteiger partial charge in [0.05, 0.1) is 22.9 Å². The van der Waals surface area contributed by atoms with Crippen LogP contribution in [0.1, 0.15) is 19.4 Å². The molecule has 0 atom stereocenters. The minimum Gasteiger partial charge on any atom is -0.392 e. The van der Waals surface area contributed by atoms with Gasteiger partial charge in [-0.25, -0.2) is 8.42 Å². The molecule has 2 N–H and O–H groups in total. The summed E-state index contributed by atoms with van der Waals surface area (Å²) in [7, 11) is -3.26. The first kappa shape index (κ1) is 11.4. The van der Waals surface area contributed by atoms with Crippen molar-refractivity contribution >= 4 is 15.5 Å². The van der Waals surface area contributed by atoms with E-state index in [0.29, 0.717) is 16.1 Å². The van der Waals surface area contributed by atoms with E-state index in [0.717, 1.165) is 0 Å². The summed E-state index contributed by atoms with van der Waals surface area (Å²) < 4.78 is 24.1. The number of aliphatic hydroxyl groups excluding tert-OH is 1. The van der Waals surface area contributed by atoms with Gasteiger partial charge in [0.1, 0.15) is 0 Å². The molecular formula is C11H15NO3S. The monoisotopic (exact) mass is 241 g/mol. The minimum atomic E-state index is -3.26. The smallest absolute Gasteiger partial charge is 0.182 e. The molecule has 88 valence electrons. The van der Waals surface area contributed by atoms with E-state index in [2.05, 4.69) is 5.32 Å². The van der Waals surface area contributed by atoms with Crippen molar-refractivity contribution in [1.82, 2.24) is 0 Å². The van der Waals surface area contributed by atoms with E-state index >= 15 is 0 Å². The first-order valence-electron chi connectivity index (χ1n) is 5.09. The maximum Gasteiger partial charge on any atom is 0.182 e. The van der Waals surface area contributed by atoms with Gasteiger partial charge in [0.15, 0.2) is 9.84 Å².